The first-order valence-electron chi connectivity index (χ1n) is 10.8. The van der Waals surface area contributed by atoms with E-state index in [9.17, 15) is 0 Å². The Morgan fingerprint density at radius 3 is 2.67 bits per heavy atom. The van der Waals surface area contributed by atoms with Gasteiger partial charge in [-0.3, -0.25) is 5.10 Å². The molecule has 0 amide bonds. The lowest BCUT2D eigenvalue weighted by molar-refractivity contribution is 0.00540. The number of aromatic nitrogens is 2. The fourth-order valence-electron chi connectivity index (χ4n) is 4.93. The lowest BCUT2D eigenvalue weighted by atomic mass is 9.82. The summed E-state index contributed by atoms with van der Waals surface area (Å²) < 4.78 is 6.41. The van der Waals surface area contributed by atoms with Crippen molar-refractivity contribution in [3.63, 3.8) is 0 Å². The molecule has 2 aliphatic rings. The van der Waals surface area contributed by atoms with Gasteiger partial charge in [0.2, 0.25) is 0 Å². The van der Waals surface area contributed by atoms with E-state index in [0.717, 1.165) is 19.6 Å². The van der Waals surface area contributed by atoms with Crippen molar-refractivity contribution < 1.29 is 4.74 Å². The molecule has 2 aromatic rings. The largest absolute Gasteiger partial charge is 0.377 e. The van der Waals surface area contributed by atoms with Gasteiger partial charge in [-0.2, -0.15) is 5.10 Å². The second-order valence-electron chi connectivity index (χ2n) is 8.19. The van der Waals surface area contributed by atoms with Gasteiger partial charge in [0.1, 0.15) is 0 Å². The number of aromatic amines is 1. The van der Waals surface area contributed by atoms with Crippen molar-refractivity contribution in [1.29, 1.82) is 0 Å². The Morgan fingerprint density at radius 1 is 1.07 bits per heavy atom. The highest BCUT2D eigenvalue weighted by Crippen LogP contribution is 2.35. The molecule has 0 spiro atoms. The molecular formula is C23H33N3O. The van der Waals surface area contributed by atoms with Crippen LogP contribution in [0, 0.1) is 0 Å². The van der Waals surface area contributed by atoms with Gasteiger partial charge < -0.3 is 10.1 Å². The minimum absolute atomic E-state index is 0.399. The van der Waals surface area contributed by atoms with Crippen LogP contribution in [0.2, 0.25) is 0 Å². The Bertz CT molecular complexity index is 691. The molecule has 2 atom stereocenters. The standard InChI is InChI=1S/C23H33N3O/c1-2-17-15-25-26-23(17)21-9-6-14-24-22(21)16-27-20-12-10-19(11-13-20)18-7-4-3-5-8-18/h3-5,7-8,15,19-22,24H,2,6,9-14,16H2,1H3,(H,25,26)/t19?,20?,21-,22-/m1/s1. The second-order valence-corrected chi connectivity index (χ2v) is 8.19. The third-order valence-corrected chi connectivity index (χ3v) is 6.54. The van der Waals surface area contributed by atoms with Crippen molar-refractivity contribution in [3.05, 3.63) is 53.3 Å². The summed E-state index contributed by atoms with van der Waals surface area (Å²) in [6.45, 7) is 4.12. The number of benzene rings is 1. The number of H-pyrrole nitrogens is 1. The third-order valence-electron chi connectivity index (χ3n) is 6.54. The van der Waals surface area contributed by atoms with Gasteiger partial charge in [-0.15, -0.1) is 0 Å². The van der Waals surface area contributed by atoms with Crippen LogP contribution in [0.15, 0.2) is 36.5 Å². The number of hydrogen-bond acceptors (Lipinski definition) is 3. The molecule has 2 heterocycles. The van der Waals surface area contributed by atoms with Crippen molar-refractivity contribution in [3.8, 4) is 0 Å². The lowest BCUT2D eigenvalue weighted by Gasteiger charge is -2.35. The summed E-state index contributed by atoms with van der Waals surface area (Å²) >= 11 is 0. The van der Waals surface area contributed by atoms with E-state index in [1.54, 1.807) is 0 Å². The molecule has 1 saturated heterocycles. The fourth-order valence-corrected chi connectivity index (χ4v) is 4.93. The molecule has 4 heteroatoms. The Hall–Kier alpha value is -1.65. The number of nitrogens with one attached hydrogen (secondary N) is 2. The van der Waals surface area contributed by atoms with Crippen LogP contribution in [-0.2, 0) is 11.2 Å². The molecule has 2 fully saturated rings. The van der Waals surface area contributed by atoms with E-state index in [1.165, 1.54) is 55.3 Å². The highest BCUT2D eigenvalue weighted by molar-refractivity contribution is 5.23. The van der Waals surface area contributed by atoms with E-state index in [4.69, 9.17) is 4.74 Å². The molecule has 27 heavy (non-hydrogen) atoms. The van der Waals surface area contributed by atoms with Gasteiger partial charge in [-0.25, -0.2) is 0 Å². The summed E-state index contributed by atoms with van der Waals surface area (Å²) in [6, 6.07) is 11.4. The Kier molecular flexibility index (Phi) is 6.25. The van der Waals surface area contributed by atoms with Crippen LogP contribution >= 0.6 is 0 Å². The molecule has 4 rings (SSSR count). The maximum absolute atomic E-state index is 6.41. The monoisotopic (exact) mass is 367 g/mol. The Labute approximate surface area is 163 Å². The normalized spacial score (nSPS) is 28.9. The van der Waals surface area contributed by atoms with Crippen molar-refractivity contribution in [2.24, 2.45) is 0 Å². The van der Waals surface area contributed by atoms with Crippen LogP contribution in [-0.4, -0.2) is 35.5 Å². The van der Waals surface area contributed by atoms with Crippen molar-refractivity contribution >= 4 is 0 Å². The topological polar surface area (TPSA) is 49.9 Å². The predicted molar refractivity (Wildman–Crippen MR) is 109 cm³/mol. The first-order valence-corrected chi connectivity index (χ1v) is 10.8. The van der Waals surface area contributed by atoms with Crippen LogP contribution in [0.3, 0.4) is 0 Å². The quantitative estimate of drug-likeness (QED) is 0.787. The predicted octanol–water partition coefficient (Wildman–Crippen LogP) is 4.55. The summed E-state index contributed by atoms with van der Waals surface area (Å²) in [6.07, 6.45) is 10.8. The van der Waals surface area contributed by atoms with Crippen LogP contribution in [0.25, 0.3) is 0 Å². The average Bonchev–Trinajstić information content (AvgIpc) is 3.22. The second kappa shape index (κ2) is 9.03. The molecule has 0 radical (unpaired) electrons. The summed E-state index contributed by atoms with van der Waals surface area (Å²) in [7, 11) is 0. The average molecular weight is 368 g/mol. The number of aryl methyl sites for hydroxylation is 1. The number of rotatable bonds is 6. The van der Waals surface area contributed by atoms with E-state index < -0.39 is 0 Å². The first kappa shape index (κ1) is 18.7. The van der Waals surface area contributed by atoms with Crippen LogP contribution < -0.4 is 5.32 Å². The number of hydrogen-bond donors (Lipinski definition) is 2. The van der Waals surface area contributed by atoms with Crippen LogP contribution in [0.4, 0.5) is 0 Å². The lowest BCUT2D eigenvalue weighted by Crippen LogP contribution is -2.44. The highest BCUT2D eigenvalue weighted by Gasteiger charge is 2.30. The van der Waals surface area contributed by atoms with Crippen LogP contribution in [0.1, 0.15) is 74.1 Å². The van der Waals surface area contributed by atoms with Gasteiger partial charge in [0.05, 0.1) is 18.9 Å². The smallest absolute Gasteiger partial charge is 0.0629 e. The van der Waals surface area contributed by atoms with Gasteiger partial charge >= 0.3 is 0 Å². The molecule has 2 N–H and O–H groups in total. The van der Waals surface area contributed by atoms with Gasteiger partial charge in [-0.05, 0) is 68.5 Å². The van der Waals surface area contributed by atoms with Crippen molar-refractivity contribution in [2.75, 3.05) is 13.2 Å². The molecule has 1 saturated carbocycles. The van der Waals surface area contributed by atoms with E-state index in [1.807, 2.05) is 6.20 Å². The molecule has 1 aliphatic heterocycles. The zero-order valence-electron chi connectivity index (χ0n) is 16.5. The Balaban J connectivity index is 1.30. The molecule has 0 unspecified atom stereocenters. The molecule has 1 aromatic carbocycles. The van der Waals surface area contributed by atoms with Crippen LogP contribution in [0.5, 0.6) is 0 Å². The maximum Gasteiger partial charge on any atom is 0.0629 e. The number of nitrogens with zero attached hydrogens (tertiary/aromatic N) is 1. The van der Waals surface area contributed by atoms with Crippen molar-refractivity contribution in [2.45, 2.75) is 75.9 Å². The zero-order chi connectivity index (χ0) is 18.5. The summed E-state index contributed by atoms with van der Waals surface area (Å²) in [5.74, 6) is 1.21. The van der Waals surface area contributed by atoms with Gasteiger partial charge in [0.15, 0.2) is 0 Å². The summed E-state index contributed by atoms with van der Waals surface area (Å²) in [4.78, 5) is 0. The van der Waals surface area contributed by atoms with Crippen molar-refractivity contribution in [1.82, 2.24) is 15.5 Å². The van der Waals surface area contributed by atoms with E-state index in [2.05, 4.69) is 52.8 Å². The third kappa shape index (κ3) is 4.44. The van der Waals surface area contributed by atoms with E-state index >= 15 is 0 Å². The minimum atomic E-state index is 0.399. The summed E-state index contributed by atoms with van der Waals surface area (Å²) in [5, 5.41) is 11.3. The van der Waals surface area contributed by atoms with E-state index in [-0.39, 0.29) is 0 Å². The fraction of sp³-hybridized carbons (Fsp3) is 0.609. The SMILES string of the molecule is CCc1cn[nH]c1[C@@H]1CCCN[C@@H]1COC1CCC(c2ccccc2)CC1. The summed E-state index contributed by atoms with van der Waals surface area (Å²) in [5.41, 5.74) is 4.18. The zero-order valence-corrected chi connectivity index (χ0v) is 16.5. The Morgan fingerprint density at radius 2 is 1.89 bits per heavy atom. The molecule has 4 nitrogen and oxygen atoms in total. The minimum Gasteiger partial charge on any atom is -0.377 e. The van der Waals surface area contributed by atoms with Gasteiger partial charge in [0, 0.05) is 17.7 Å². The molecule has 146 valence electrons. The molecule has 1 aromatic heterocycles. The molecule has 0 bridgehead atoms. The highest BCUT2D eigenvalue weighted by atomic mass is 16.5. The van der Waals surface area contributed by atoms with E-state index in [0.29, 0.717) is 24.0 Å². The number of ether oxygens (including phenoxy) is 1. The number of piperidine rings is 1. The van der Waals surface area contributed by atoms with Gasteiger partial charge in [-0.1, -0.05) is 37.3 Å². The first-order chi connectivity index (χ1) is 13.3. The molecular weight excluding hydrogens is 334 g/mol. The maximum atomic E-state index is 6.41. The van der Waals surface area contributed by atoms with Gasteiger partial charge in [0.25, 0.3) is 0 Å². The molecule has 1 aliphatic carbocycles.